The molecule has 1 unspecified atom stereocenters. The van der Waals surface area contributed by atoms with Crippen molar-refractivity contribution in [3.8, 4) is 42.8 Å². The van der Waals surface area contributed by atoms with Crippen LogP contribution < -0.4 is 31.3 Å². The Morgan fingerprint density at radius 2 is 1.02 bits per heavy atom. The summed E-state index contributed by atoms with van der Waals surface area (Å²) in [6.45, 7) is -0.206. The molecule has 19 heteroatoms. The molecule has 0 spiro atoms. The Morgan fingerprint density at radius 3 is 1.39 bits per heavy atom. The normalized spacial score (nSPS) is 11.9. The average Bonchev–Trinajstić information content (AvgIpc) is 3.18. The molecule has 0 aromatic heterocycles. The van der Waals surface area contributed by atoms with Gasteiger partial charge in [0.1, 0.15) is 25.6 Å². The minimum Gasteiger partial charge on any atom is -0.432 e. The van der Waals surface area contributed by atoms with Crippen molar-refractivity contribution in [1.29, 1.82) is 0 Å². The number of ether oxygens (including phenoxy) is 6. The first-order chi connectivity index (χ1) is 27.4. The molecule has 0 aliphatic rings. The van der Waals surface area contributed by atoms with E-state index in [1.165, 1.54) is 12.1 Å². The summed E-state index contributed by atoms with van der Waals surface area (Å²) < 4.78 is 37.2. The monoisotopic (exact) mass is 837 g/mol. The quantitative estimate of drug-likeness (QED) is 0.0314. The molecule has 1 aromatic carbocycles. The summed E-state index contributed by atoms with van der Waals surface area (Å²) in [4.78, 5) is 63.2. The minimum absolute atomic E-state index is 0.0101. The smallest absolute Gasteiger partial charge is 0.307 e. The van der Waals surface area contributed by atoms with E-state index in [-0.39, 0.29) is 147 Å². The molecule has 0 bridgehead atoms. The summed E-state index contributed by atoms with van der Waals surface area (Å²) in [5, 5.41) is 11.3. The van der Waals surface area contributed by atoms with Gasteiger partial charge in [-0.25, -0.2) is 5.50 Å². The van der Waals surface area contributed by atoms with Crippen molar-refractivity contribution in [2.75, 3.05) is 98.9 Å². The van der Waals surface area contributed by atoms with E-state index in [0.29, 0.717) is 19.8 Å². The number of hydrogen-bond acceptors (Lipinski definition) is 12. The van der Waals surface area contributed by atoms with Crippen molar-refractivity contribution in [3.05, 3.63) is 29.8 Å². The molecule has 0 aliphatic heterocycles. The lowest BCUT2D eigenvalue weighted by Crippen LogP contribution is -2.50. The highest BCUT2D eigenvalue weighted by atomic mass is 32.5. The maximum absolute atomic E-state index is 14.0. The maximum Gasteiger partial charge on any atom is 0.307 e. The highest BCUT2D eigenvalue weighted by Crippen LogP contribution is 2.36. The van der Waals surface area contributed by atoms with Crippen LogP contribution in [0.5, 0.6) is 5.75 Å². The van der Waals surface area contributed by atoms with E-state index in [4.69, 9.17) is 69.5 Å². The Balaban J connectivity index is 3.15. The zero-order valence-electron chi connectivity index (χ0n) is 32.3. The van der Waals surface area contributed by atoms with Crippen molar-refractivity contribution < 1.29 is 57.0 Å². The number of carbonyl (C=O) groups is 4. The second kappa shape index (κ2) is 31.9. The van der Waals surface area contributed by atoms with Gasteiger partial charge < -0.3 is 59.1 Å². The summed E-state index contributed by atoms with van der Waals surface area (Å²) in [7, 11) is 0. The van der Waals surface area contributed by atoms with Crippen LogP contribution in [-0.4, -0.2) is 133 Å². The van der Waals surface area contributed by atoms with E-state index in [0.717, 1.165) is 0 Å². The fourth-order valence-corrected chi connectivity index (χ4v) is 5.59. The maximum atomic E-state index is 14.0. The van der Waals surface area contributed by atoms with Gasteiger partial charge in [0.15, 0.2) is 0 Å². The van der Waals surface area contributed by atoms with Crippen LogP contribution in [0.15, 0.2) is 24.3 Å². The highest BCUT2D eigenvalue weighted by molar-refractivity contribution is 8.08. The van der Waals surface area contributed by atoms with Crippen LogP contribution in [0.4, 0.5) is 0 Å². The van der Waals surface area contributed by atoms with Gasteiger partial charge in [0.05, 0.1) is 65.0 Å². The molecular formula is C38H56N5O12PS. The predicted molar refractivity (Wildman–Crippen MR) is 216 cm³/mol. The lowest BCUT2D eigenvalue weighted by Gasteiger charge is -2.35. The largest absolute Gasteiger partial charge is 0.432 e. The first kappa shape index (κ1) is 50.9. The number of amides is 4. The van der Waals surface area contributed by atoms with E-state index in [2.05, 4.69) is 39.0 Å². The highest BCUT2D eigenvalue weighted by Gasteiger charge is 2.35. The van der Waals surface area contributed by atoms with Gasteiger partial charge in [-0.05, 0) is 43.2 Å². The lowest BCUT2D eigenvalue weighted by atomic mass is 9.82. The Labute approximate surface area is 340 Å². The second-order valence-electron chi connectivity index (χ2n) is 12.0. The first-order valence-electron chi connectivity index (χ1n) is 18.2. The van der Waals surface area contributed by atoms with Crippen molar-refractivity contribution in [2.24, 2.45) is 5.50 Å². The Bertz CT molecular complexity index is 1410. The van der Waals surface area contributed by atoms with Gasteiger partial charge in [0.2, 0.25) is 17.7 Å². The van der Waals surface area contributed by atoms with Crippen LogP contribution in [0.25, 0.3) is 0 Å². The van der Waals surface area contributed by atoms with Gasteiger partial charge in [-0.15, -0.1) is 19.3 Å². The van der Waals surface area contributed by atoms with Gasteiger partial charge in [-0.2, -0.15) is 0 Å². The summed E-state index contributed by atoms with van der Waals surface area (Å²) in [5.41, 5.74) is 4.30. The zero-order chi connectivity index (χ0) is 42.0. The number of benzene rings is 1. The first-order valence-corrected chi connectivity index (χ1v) is 21.0. The molecule has 0 aliphatic carbocycles. The Hall–Kier alpha value is -4.09. The molecule has 0 saturated heterocycles. The molecule has 0 radical (unpaired) electrons. The SMILES string of the molecule is C#CCOCCOCCNC(=O)CCC(CCC(=O)NCCOCCOCC#C)(CCC(=O)NCCOCCOCC#C)NC(=O)c1ccccc1OP(N)(O)=S. The summed E-state index contributed by atoms with van der Waals surface area (Å²) in [5.74, 6) is 5.28. The lowest BCUT2D eigenvalue weighted by molar-refractivity contribution is -0.121. The fourth-order valence-electron chi connectivity index (χ4n) is 4.91. The number of nitrogens with two attached hydrogens (primary N) is 1. The summed E-state index contributed by atoms with van der Waals surface area (Å²) in [6.07, 6.45) is 15.3. The standard InChI is InChI=1S/C38H56N5O12PS/c1-4-20-49-26-29-52-23-17-40-34(44)11-14-38(15-12-35(45)41-18-24-53-30-27-50-21-5-2,16-13-36(46)42-19-25-54-31-28-51-22-6-3)43-37(47)32-9-7-8-10-33(32)55-56(39,48)57/h1-3,7-10H,11-31H2,(H,40,44)(H,41,45)(H,42,46)(H,43,47)(H3,39,48,57). The second-order valence-corrected chi connectivity index (χ2v) is 14.9. The Kier molecular flexibility index (Phi) is 28.5. The van der Waals surface area contributed by atoms with Crippen molar-refractivity contribution in [2.45, 2.75) is 44.1 Å². The molecule has 7 N–H and O–H groups in total. The van der Waals surface area contributed by atoms with Crippen LogP contribution in [-0.2, 0) is 54.6 Å². The minimum atomic E-state index is -3.73. The van der Waals surface area contributed by atoms with Crippen LogP contribution in [0.3, 0.4) is 0 Å². The van der Waals surface area contributed by atoms with Gasteiger partial charge >= 0.3 is 6.64 Å². The van der Waals surface area contributed by atoms with Crippen LogP contribution >= 0.6 is 6.64 Å². The molecule has 1 rings (SSSR count). The number of carbonyl (C=O) groups excluding carboxylic acids is 4. The van der Waals surface area contributed by atoms with Gasteiger partial charge in [-0.1, -0.05) is 29.9 Å². The molecule has 0 heterocycles. The van der Waals surface area contributed by atoms with Crippen molar-refractivity contribution in [1.82, 2.24) is 21.3 Å². The molecule has 0 saturated carbocycles. The van der Waals surface area contributed by atoms with Gasteiger partial charge in [0, 0.05) is 44.4 Å². The Morgan fingerprint density at radius 1 is 0.649 bits per heavy atom. The van der Waals surface area contributed by atoms with E-state index < -0.39 is 18.1 Å². The van der Waals surface area contributed by atoms with Crippen LogP contribution in [0.1, 0.15) is 48.9 Å². The molecular weight excluding hydrogens is 781 g/mol. The number of hydrogen-bond donors (Lipinski definition) is 6. The molecule has 316 valence electrons. The molecule has 0 fully saturated rings. The van der Waals surface area contributed by atoms with Gasteiger partial charge in [-0.3, -0.25) is 19.2 Å². The molecule has 1 atom stereocenters. The molecule has 57 heavy (non-hydrogen) atoms. The molecule has 17 nitrogen and oxygen atoms in total. The number of para-hydroxylation sites is 1. The predicted octanol–water partition coefficient (Wildman–Crippen LogP) is 0.398. The number of terminal acetylenes is 3. The van der Waals surface area contributed by atoms with E-state index in [9.17, 15) is 24.1 Å². The van der Waals surface area contributed by atoms with E-state index in [1.54, 1.807) is 12.1 Å². The summed E-state index contributed by atoms with van der Waals surface area (Å²) >= 11 is 4.85. The third kappa shape index (κ3) is 27.2. The number of nitrogens with one attached hydrogen (secondary N) is 4. The fraction of sp³-hybridized carbons (Fsp3) is 0.579. The summed E-state index contributed by atoms with van der Waals surface area (Å²) in [6, 6.07) is 6.01. The molecule has 4 amide bonds. The van der Waals surface area contributed by atoms with E-state index in [1.807, 2.05) is 0 Å². The van der Waals surface area contributed by atoms with Gasteiger partial charge in [0.25, 0.3) is 5.91 Å². The van der Waals surface area contributed by atoms with E-state index >= 15 is 0 Å². The topological polar surface area (TPSA) is 227 Å². The third-order valence-electron chi connectivity index (χ3n) is 7.61. The zero-order valence-corrected chi connectivity index (χ0v) is 34.0. The number of rotatable bonds is 34. The van der Waals surface area contributed by atoms with Crippen LogP contribution in [0.2, 0.25) is 0 Å². The van der Waals surface area contributed by atoms with Crippen molar-refractivity contribution in [3.63, 3.8) is 0 Å². The molecule has 1 aromatic rings. The average molecular weight is 838 g/mol. The third-order valence-corrected chi connectivity index (χ3v) is 8.29. The van der Waals surface area contributed by atoms with Crippen molar-refractivity contribution >= 4 is 42.1 Å². The van der Waals surface area contributed by atoms with Crippen LogP contribution in [0, 0.1) is 37.0 Å².